The molecule has 0 fully saturated rings. The van der Waals surface area contributed by atoms with Crippen LogP contribution in [0.1, 0.15) is 26.0 Å². The first-order valence-electron chi connectivity index (χ1n) is 7.04. The highest BCUT2D eigenvalue weighted by Gasteiger charge is 2.02. The summed E-state index contributed by atoms with van der Waals surface area (Å²) in [6, 6.07) is 8.71. The Morgan fingerprint density at radius 3 is 2.60 bits per heavy atom. The van der Waals surface area contributed by atoms with Gasteiger partial charge in [-0.2, -0.15) is 0 Å². The van der Waals surface area contributed by atoms with E-state index in [-0.39, 0.29) is 0 Å². The van der Waals surface area contributed by atoms with E-state index in [4.69, 9.17) is 4.74 Å². The minimum atomic E-state index is 0.538. The van der Waals surface area contributed by atoms with E-state index in [0.29, 0.717) is 6.04 Å². The fourth-order valence-electron chi connectivity index (χ4n) is 1.83. The Labute approximate surface area is 125 Å². The summed E-state index contributed by atoms with van der Waals surface area (Å²) in [5, 5.41) is 6.51. The summed E-state index contributed by atoms with van der Waals surface area (Å²) >= 11 is 1.68. The van der Waals surface area contributed by atoms with Gasteiger partial charge in [-0.1, -0.05) is 13.8 Å². The summed E-state index contributed by atoms with van der Waals surface area (Å²) < 4.78 is 5.73. The first kappa shape index (κ1) is 15.0. The van der Waals surface area contributed by atoms with Gasteiger partial charge in [0.2, 0.25) is 0 Å². The zero-order chi connectivity index (χ0) is 14.4. The van der Waals surface area contributed by atoms with Crippen LogP contribution < -0.4 is 10.1 Å². The van der Waals surface area contributed by atoms with Crippen molar-refractivity contribution in [3.63, 3.8) is 0 Å². The Kier molecular flexibility index (Phi) is 5.56. The number of hydrogen-bond donors (Lipinski definition) is 1. The molecule has 0 saturated heterocycles. The van der Waals surface area contributed by atoms with Gasteiger partial charge < -0.3 is 10.1 Å². The normalized spacial score (nSPS) is 11.0. The van der Waals surface area contributed by atoms with Crippen LogP contribution in [-0.2, 0) is 0 Å². The van der Waals surface area contributed by atoms with E-state index in [0.717, 1.165) is 41.6 Å². The van der Waals surface area contributed by atoms with Crippen LogP contribution >= 0.6 is 11.3 Å². The van der Waals surface area contributed by atoms with Crippen LogP contribution in [0.2, 0.25) is 0 Å². The summed E-state index contributed by atoms with van der Waals surface area (Å²) in [6.07, 6.45) is 1.02. The Morgan fingerprint density at radius 2 is 2.00 bits per heavy atom. The van der Waals surface area contributed by atoms with Crippen molar-refractivity contribution in [2.24, 2.45) is 0 Å². The molecule has 0 amide bonds. The molecule has 0 atom stereocenters. The number of aryl methyl sites for hydroxylation is 1. The summed E-state index contributed by atoms with van der Waals surface area (Å²) in [7, 11) is 0. The maximum Gasteiger partial charge on any atom is 0.123 e. The van der Waals surface area contributed by atoms with Gasteiger partial charge >= 0.3 is 0 Å². The minimum Gasteiger partial charge on any atom is -0.494 e. The van der Waals surface area contributed by atoms with Crippen molar-refractivity contribution in [3.05, 3.63) is 35.3 Å². The van der Waals surface area contributed by atoms with Gasteiger partial charge in [-0.15, -0.1) is 11.3 Å². The molecule has 0 bridgehead atoms. The predicted octanol–water partition coefficient (Wildman–Crippen LogP) is 3.89. The Hall–Kier alpha value is -1.39. The average molecular weight is 290 g/mol. The van der Waals surface area contributed by atoms with E-state index < -0.39 is 0 Å². The van der Waals surface area contributed by atoms with Crippen molar-refractivity contribution < 1.29 is 4.74 Å². The van der Waals surface area contributed by atoms with E-state index in [9.17, 15) is 0 Å². The SMILES string of the molecule is Cc1csc(-c2ccc(OCCCNC(C)C)cc2)n1. The number of ether oxygens (including phenoxy) is 1. The molecule has 0 aliphatic carbocycles. The van der Waals surface area contributed by atoms with Crippen LogP contribution in [0.3, 0.4) is 0 Å². The summed E-state index contributed by atoms with van der Waals surface area (Å²) in [5.74, 6) is 0.923. The fourth-order valence-corrected chi connectivity index (χ4v) is 2.64. The van der Waals surface area contributed by atoms with Crippen molar-refractivity contribution in [1.82, 2.24) is 10.3 Å². The topological polar surface area (TPSA) is 34.1 Å². The molecule has 4 heteroatoms. The number of aromatic nitrogens is 1. The van der Waals surface area contributed by atoms with Crippen LogP contribution in [-0.4, -0.2) is 24.2 Å². The third-order valence-corrected chi connectivity index (χ3v) is 3.87. The first-order chi connectivity index (χ1) is 9.65. The van der Waals surface area contributed by atoms with Crippen molar-refractivity contribution >= 4 is 11.3 Å². The third kappa shape index (κ3) is 4.62. The lowest BCUT2D eigenvalue weighted by Gasteiger charge is -2.09. The van der Waals surface area contributed by atoms with Gasteiger partial charge in [0.25, 0.3) is 0 Å². The molecule has 0 aliphatic rings. The van der Waals surface area contributed by atoms with Crippen molar-refractivity contribution in [3.8, 4) is 16.3 Å². The molecule has 1 N–H and O–H groups in total. The lowest BCUT2D eigenvalue weighted by Crippen LogP contribution is -2.24. The van der Waals surface area contributed by atoms with Crippen LogP contribution in [0.25, 0.3) is 10.6 Å². The number of hydrogen-bond acceptors (Lipinski definition) is 4. The predicted molar refractivity (Wildman–Crippen MR) is 85.5 cm³/mol. The molecular formula is C16H22N2OS. The van der Waals surface area contributed by atoms with Crippen LogP contribution in [0.5, 0.6) is 5.75 Å². The second-order valence-electron chi connectivity index (χ2n) is 5.13. The lowest BCUT2D eigenvalue weighted by molar-refractivity contribution is 0.306. The molecule has 0 radical (unpaired) electrons. The highest BCUT2D eigenvalue weighted by atomic mass is 32.1. The van der Waals surface area contributed by atoms with E-state index in [2.05, 4.69) is 41.7 Å². The highest BCUT2D eigenvalue weighted by Crippen LogP contribution is 2.25. The van der Waals surface area contributed by atoms with E-state index in [1.54, 1.807) is 11.3 Å². The molecule has 0 spiro atoms. The molecule has 3 nitrogen and oxygen atoms in total. The highest BCUT2D eigenvalue weighted by molar-refractivity contribution is 7.13. The molecule has 2 rings (SSSR count). The number of rotatable bonds is 7. The number of nitrogens with one attached hydrogen (secondary N) is 1. The maximum absolute atomic E-state index is 5.73. The van der Waals surface area contributed by atoms with Gasteiger partial charge in [0, 0.05) is 22.7 Å². The molecule has 1 aromatic carbocycles. The standard InChI is InChI=1S/C16H22N2OS/c1-12(2)17-9-4-10-19-15-7-5-14(6-8-15)16-18-13(3)11-20-16/h5-8,11-12,17H,4,9-10H2,1-3H3. The van der Waals surface area contributed by atoms with Gasteiger partial charge in [0.1, 0.15) is 10.8 Å². The van der Waals surface area contributed by atoms with Crippen molar-refractivity contribution in [2.75, 3.05) is 13.2 Å². The number of benzene rings is 1. The molecule has 0 unspecified atom stereocenters. The molecule has 0 aliphatic heterocycles. The molecule has 1 heterocycles. The molecular weight excluding hydrogens is 268 g/mol. The largest absolute Gasteiger partial charge is 0.494 e. The van der Waals surface area contributed by atoms with E-state index >= 15 is 0 Å². The van der Waals surface area contributed by atoms with Gasteiger partial charge in [0.15, 0.2) is 0 Å². The zero-order valence-electron chi connectivity index (χ0n) is 12.3. The Balaban J connectivity index is 1.80. The molecule has 20 heavy (non-hydrogen) atoms. The van der Waals surface area contributed by atoms with Crippen molar-refractivity contribution in [1.29, 1.82) is 0 Å². The quantitative estimate of drug-likeness (QED) is 0.786. The van der Waals surface area contributed by atoms with Gasteiger partial charge in [-0.3, -0.25) is 0 Å². The first-order valence-corrected chi connectivity index (χ1v) is 7.92. The third-order valence-electron chi connectivity index (χ3n) is 2.86. The molecule has 108 valence electrons. The second-order valence-corrected chi connectivity index (χ2v) is 5.99. The van der Waals surface area contributed by atoms with E-state index in [1.165, 1.54) is 0 Å². The van der Waals surface area contributed by atoms with Crippen LogP contribution in [0, 0.1) is 6.92 Å². The fraction of sp³-hybridized carbons (Fsp3) is 0.438. The van der Waals surface area contributed by atoms with Crippen LogP contribution in [0.4, 0.5) is 0 Å². The Bertz CT molecular complexity index is 520. The minimum absolute atomic E-state index is 0.538. The van der Waals surface area contributed by atoms with Gasteiger partial charge in [0.05, 0.1) is 6.61 Å². The zero-order valence-corrected chi connectivity index (χ0v) is 13.2. The van der Waals surface area contributed by atoms with Crippen LogP contribution in [0.15, 0.2) is 29.6 Å². The molecule has 0 saturated carbocycles. The number of nitrogens with zero attached hydrogens (tertiary/aromatic N) is 1. The summed E-state index contributed by atoms with van der Waals surface area (Å²) in [4.78, 5) is 4.48. The Morgan fingerprint density at radius 1 is 1.25 bits per heavy atom. The van der Waals surface area contributed by atoms with E-state index in [1.807, 2.05) is 19.1 Å². The molecule has 2 aromatic rings. The summed E-state index contributed by atoms with van der Waals surface area (Å²) in [5.41, 5.74) is 2.22. The number of thiazole rings is 1. The van der Waals surface area contributed by atoms with Gasteiger partial charge in [-0.05, 0) is 44.2 Å². The smallest absolute Gasteiger partial charge is 0.123 e. The maximum atomic E-state index is 5.73. The van der Waals surface area contributed by atoms with Crippen molar-refractivity contribution in [2.45, 2.75) is 33.2 Å². The van der Waals surface area contributed by atoms with Gasteiger partial charge in [-0.25, -0.2) is 4.98 Å². The molecule has 1 aromatic heterocycles. The second kappa shape index (κ2) is 7.41. The summed E-state index contributed by atoms with van der Waals surface area (Å²) in [6.45, 7) is 8.06. The average Bonchev–Trinajstić information content (AvgIpc) is 2.85. The monoisotopic (exact) mass is 290 g/mol. The lowest BCUT2D eigenvalue weighted by atomic mass is 10.2.